The second kappa shape index (κ2) is 8.84. The molecule has 1 saturated heterocycles. The molecule has 0 atom stereocenters. The highest BCUT2D eigenvalue weighted by Gasteiger charge is 2.15. The van der Waals surface area contributed by atoms with Gasteiger partial charge >= 0.3 is 0 Å². The first-order valence-corrected chi connectivity index (χ1v) is 11.0. The molecule has 2 N–H and O–H groups in total. The number of anilines is 3. The van der Waals surface area contributed by atoms with Crippen molar-refractivity contribution in [2.75, 3.05) is 36.5 Å². The Morgan fingerprint density at radius 2 is 1.94 bits per heavy atom. The molecule has 0 amide bonds. The highest BCUT2D eigenvalue weighted by molar-refractivity contribution is 5.95. The minimum atomic E-state index is -0.170. The number of nitrogens with one attached hydrogen (secondary N) is 2. The van der Waals surface area contributed by atoms with Crippen molar-refractivity contribution in [2.45, 2.75) is 19.9 Å². The van der Waals surface area contributed by atoms with Crippen molar-refractivity contribution < 1.29 is 4.74 Å². The molecule has 0 unspecified atom stereocenters. The molecule has 0 saturated carbocycles. The van der Waals surface area contributed by atoms with E-state index in [1.165, 1.54) is 0 Å². The van der Waals surface area contributed by atoms with E-state index in [0.717, 1.165) is 67.4 Å². The number of pyridine rings is 2. The van der Waals surface area contributed by atoms with Crippen LogP contribution in [0.2, 0.25) is 0 Å². The van der Waals surface area contributed by atoms with Gasteiger partial charge in [-0.3, -0.25) is 9.48 Å². The normalized spacial score (nSPS) is 14.1. The molecule has 1 fully saturated rings. The summed E-state index contributed by atoms with van der Waals surface area (Å²) in [6.07, 6.45) is 4.42. The maximum absolute atomic E-state index is 12.6. The van der Waals surface area contributed by atoms with E-state index in [1.54, 1.807) is 12.4 Å². The third-order valence-electron chi connectivity index (χ3n) is 5.67. The summed E-state index contributed by atoms with van der Waals surface area (Å²) in [5.74, 6) is 0.530. The molecule has 8 heteroatoms. The average Bonchev–Trinajstić information content (AvgIpc) is 3.29. The lowest BCUT2D eigenvalue weighted by Crippen LogP contribution is -2.36. The molecule has 4 heterocycles. The number of fused-ring (bicyclic) bond motifs is 1. The molecular formula is C24H26N6O2. The van der Waals surface area contributed by atoms with E-state index in [2.05, 4.69) is 39.4 Å². The molecule has 0 spiro atoms. The first-order chi connectivity index (χ1) is 15.7. The van der Waals surface area contributed by atoms with E-state index in [0.29, 0.717) is 11.2 Å². The highest BCUT2D eigenvalue weighted by Crippen LogP contribution is 2.28. The second-order valence-electron chi connectivity index (χ2n) is 7.84. The van der Waals surface area contributed by atoms with Crippen molar-refractivity contribution in [3.8, 4) is 11.4 Å². The number of ether oxygens (including phenoxy) is 1. The number of morpholine rings is 1. The van der Waals surface area contributed by atoms with Crippen molar-refractivity contribution in [2.24, 2.45) is 0 Å². The molecule has 5 rings (SSSR count). The minimum Gasteiger partial charge on any atom is -0.378 e. The van der Waals surface area contributed by atoms with Crippen LogP contribution >= 0.6 is 0 Å². The van der Waals surface area contributed by atoms with Gasteiger partial charge in [-0.15, -0.1) is 0 Å². The van der Waals surface area contributed by atoms with Gasteiger partial charge in [-0.2, -0.15) is 5.10 Å². The maximum Gasteiger partial charge on any atom is 0.259 e. The molecular weight excluding hydrogens is 404 g/mol. The number of nitrogens with zero attached hydrogens (tertiary/aromatic N) is 4. The summed E-state index contributed by atoms with van der Waals surface area (Å²) in [4.78, 5) is 22.6. The Bertz CT molecular complexity index is 1270. The number of aryl methyl sites for hydroxylation is 1. The van der Waals surface area contributed by atoms with Crippen LogP contribution in [0.15, 0.2) is 59.7 Å². The number of hydrogen-bond acceptors (Lipinski definition) is 6. The van der Waals surface area contributed by atoms with Crippen LogP contribution in [0.5, 0.6) is 0 Å². The molecule has 1 aromatic carbocycles. The van der Waals surface area contributed by atoms with Gasteiger partial charge in [-0.05, 0) is 54.3 Å². The summed E-state index contributed by atoms with van der Waals surface area (Å²) in [7, 11) is 0. The van der Waals surface area contributed by atoms with E-state index in [1.807, 2.05) is 35.0 Å². The SMILES string of the molecule is CCCn1nccc1-c1cc2cc[nH]c(=O)c2c(Nc2ccc(N3CCOCC3)cc2)n1. The fourth-order valence-corrected chi connectivity index (χ4v) is 4.09. The zero-order chi connectivity index (χ0) is 21.9. The monoisotopic (exact) mass is 430 g/mol. The number of rotatable bonds is 6. The van der Waals surface area contributed by atoms with Gasteiger partial charge in [0.05, 0.1) is 30.0 Å². The van der Waals surface area contributed by atoms with Gasteiger partial charge in [0.1, 0.15) is 5.82 Å². The fraction of sp³-hybridized carbons (Fsp3) is 0.292. The predicted octanol–water partition coefficient (Wildman–Crippen LogP) is 3.78. The lowest BCUT2D eigenvalue weighted by molar-refractivity contribution is 0.122. The summed E-state index contributed by atoms with van der Waals surface area (Å²) >= 11 is 0. The van der Waals surface area contributed by atoms with Gasteiger partial charge in [-0.25, -0.2) is 4.98 Å². The Kier molecular flexibility index (Phi) is 5.60. The van der Waals surface area contributed by atoms with Crippen LogP contribution < -0.4 is 15.8 Å². The Hall–Kier alpha value is -3.65. The Morgan fingerprint density at radius 3 is 2.72 bits per heavy atom. The fourth-order valence-electron chi connectivity index (χ4n) is 4.09. The van der Waals surface area contributed by atoms with Crippen molar-refractivity contribution in [3.63, 3.8) is 0 Å². The Balaban J connectivity index is 1.52. The summed E-state index contributed by atoms with van der Waals surface area (Å²) in [6, 6.07) is 14.0. The van der Waals surface area contributed by atoms with Gasteiger partial charge in [-0.1, -0.05) is 6.92 Å². The van der Waals surface area contributed by atoms with Crippen LogP contribution in [-0.2, 0) is 11.3 Å². The number of aromatic amines is 1. The number of hydrogen-bond donors (Lipinski definition) is 2. The van der Waals surface area contributed by atoms with E-state index in [4.69, 9.17) is 9.72 Å². The molecule has 1 aliphatic heterocycles. The van der Waals surface area contributed by atoms with Crippen LogP contribution in [0.1, 0.15) is 13.3 Å². The highest BCUT2D eigenvalue weighted by atomic mass is 16.5. The van der Waals surface area contributed by atoms with Crippen LogP contribution in [0, 0.1) is 0 Å². The first kappa shape index (κ1) is 20.3. The summed E-state index contributed by atoms with van der Waals surface area (Å²) in [6.45, 7) is 6.21. The summed E-state index contributed by atoms with van der Waals surface area (Å²) in [5.41, 5.74) is 3.57. The zero-order valence-electron chi connectivity index (χ0n) is 18.0. The van der Waals surface area contributed by atoms with Crippen molar-refractivity contribution in [1.82, 2.24) is 19.7 Å². The lowest BCUT2D eigenvalue weighted by Gasteiger charge is -2.28. The quantitative estimate of drug-likeness (QED) is 0.484. The zero-order valence-corrected chi connectivity index (χ0v) is 18.0. The Morgan fingerprint density at radius 1 is 1.12 bits per heavy atom. The molecule has 0 bridgehead atoms. The first-order valence-electron chi connectivity index (χ1n) is 11.0. The van der Waals surface area contributed by atoms with E-state index >= 15 is 0 Å². The van der Waals surface area contributed by atoms with E-state index < -0.39 is 0 Å². The second-order valence-corrected chi connectivity index (χ2v) is 7.84. The largest absolute Gasteiger partial charge is 0.378 e. The van der Waals surface area contributed by atoms with Crippen LogP contribution in [-0.4, -0.2) is 46.1 Å². The van der Waals surface area contributed by atoms with Gasteiger partial charge < -0.3 is 19.9 Å². The third kappa shape index (κ3) is 3.97. The van der Waals surface area contributed by atoms with Gasteiger partial charge in [0.15, 0.2) is 0 Å². The van der Waals surface area contributed by atoms with E-state index in [9.17, 15) is 4.79 Å². The molecule has 4 aromatic rings. The Labute approximate surface area is 185 Å². The summed E-state index contributed by atoms with van der Waals surface area (Å²) < 4.78 is 7.39. The number of H-pyrrole nitrogens is 1. The van der Waals surface area contributed by atoms with Crippen molar-refractivity contribution in [3.05, 3.63) is 65.2 Å². The molecule has 32 heavy (non-hydrogen) atoms. The standard InChI is InChI=1S/C24H26N6O2/c1-2-11-30-21(8-10-26-30)20-16-17-7-9-25-24(31)22(17)23(28-20)27-18-3-5-19(6-4-18)29-12-14-32-15-13-29/h3-10,16H,2,11-15H2,1H3,(H,25,31)(H,27,28). The van der Waals surface area contributed by atoms with Gasteiger partial charge in [0.25, 0.3) is 5.56 Å². The molecule has 164 valence electrons. The van der Waals surface area contributed by atoms with Crippen molar-refractivity contribution >= 4 is 28.0 Å². The lowest BCUT2D eigenvalue weighted by atomic mass is 10.1. The van der Waals surface area contributed by atoms with Crippen LogP contribution in [0.4, 0.5) is 17.2 Å². The van der Waals surface area contributed by atoms with Crippen LogP contribution in [0.3, 0.4) is 0 Å². The molecule has 0 radical (unpaired) electrons. The number of benzene rings is 1. The van der Waals surface area contributed by atoms with Gasteiger partial charge in [0, 0.05) is 43.4 Å². The molecule has 1 aliphatic rings. The number of aromatic nitrogens is 4. The summed E-state index contributed by atoms with van der Waals surface area (Å²) in [5, 5.41) is 9.16. The van der Waals surface area contributed by atoms with Crippen LogP contribution in [0.25, 0.3) is 22.2 Å². The third-order valence-corrected chi connectivity index (χ3v) is 5.67. The topological polar surface area (TPSA) is 88.1 Å². The maximum atomic E-state index is 12.6. The minimum absolute atomic E-state index is 0.170. The average molecular weight is 431 g/mol. The molecule has 8 nitrogen and oxygen atoms in total. The van der Waals surface area contributed by atoms with Crippen molar-refractivity contribution in [1.29, 1.82) is 0 Å². The molecule has 3 aromatic heterocycles. The van der Waals surface area contributed by atoms with E-state index in [-0.39, 0.29) is 5.56 Å². The smallest absolute Gasteiger partial charge is 0.259 e. The van der Waals surface area contributed by atoms with Gasteiger partial charge in [0.2, 0.25) is 0 Å². The predicted molar refractivity (Wildman–Crippen MR) is 127 cm³/mol. The molecule has 0 aliphatic carbocycles.